The van der Waals surface area contributed by atoms with Crippen molar-refractivity contribution < 1.29 is 0 Å². The minimum Gasteiger partial charge on any atom is -0.306 e. The van der Waals surface area contributed by atoms with Crippen LogP contribution in [-0.4, -0.2) is 11.0 Å². The molecule has 1 aromatic heterocycles. The summed E-state index contributed by atoms with van der Waals surface area (Å²) in [7, 11) is 0. The molecule has 1 aliphatic carbocycles. The highest BCUT2D eigenvalue weighted by Crippen LogP contribution is 2.30. The Bertz CT molecular complexity index is 293. The first kappa shape index (κ1) is 10.6. The van der Waals surface area contributed by atoms with E-state index in [-0.39, 0.29) is 0 Å². The van der Waals surface area contributed by atoms with Gasteiger partial charge in [-0.25, -0.2) is 0 Å². The molecule has 0 bridgehead atoms. The van der Waals surface area contributed by atoms with E-state index in [1.165, 1.54) is 19.3 Å². The predicted octanol–water partition coefficient (Wildman–Crippen LogP) is 2.92. The summed E-state index contributed by atoms with van der Waals surface area (Å²) < 4.78 is 0. The Labute approximate surface area is 92.1 Å². The van der Waals surface area contributed by atoms with E-state index in [2.05, 4.69) is 36.3 Å². The van der Waals surface area contributed by atoms with Crippen molar-refractivity contribution in [2.75, 3.05) is 0 Å². The molecule has 1 fully saturated rings. The van der Waals surface area contributed by atoms with Crippen LogP contribution in [0.2, 0.25) is 0 Å². The molecule has 15 heavy (non-hydrogen) atoms. The van der Waals surface area contributed by atoms with Gasteiger partial charge in [-0.1, -0.05) is 12.5 Å². The molecule has 1 heterocycles. The van der Waals surface area contributed by atoms with Crippen LogP contribution in [0.3, 0.4) is 0 Å². The smallest absolute Gasteiger partial charge is 0.0570 e. The summed E-state index contributed by atoms with van der Waals surface area (Å²) in [5, 5.41) is 3.64. The van der Waals surface area contributed by atoms with Gasteiger partial charge in [-0.3, -0.25) is 4.98 Å². The molecule has 0 radical (unpaired) electrons. The average Bonchev–Trinajstić information content (AvgIpc) is 2.16. The number of pyridine rings is 1. The largest absolute Gasteiger partial charge is 0.306 e. The van der Waals surface area contributed by atoms with Crippen LogP contribution < -0.4 is 5.32 Å². The third-order valence-electron chi connectivity index (χ3n) is 3.50. The van der Waals surface area contributed by atoms with Crippen LogP contribution in [0.15, 0.2) is 24.4 Å². The highest BCUT2D eigenvalue weighted by atomic mass is 15.0. The average molecular weight is 204 g/mol. The zero-order valence-electron chi connectivity index (χ0n) is 9.61. The zero-order valence-corrected chi connectivity index (χ0v) is 9.61. The Balaban J connectivity index is 1.88. The Morgan fingerprint density at radius 3 is 2.67 bits per heavy atom. The van der Waals surface area contributed by atoms with E-state index in [0.717, 1.165) is 11.6 Å². The molecule has 0 aliphatic heterocycles. The first-order chi connectivity index (χ1) is 7.27. The van der Waals surface area contributed by atoms with Gasteiger partial charge in [-0.2, -0.15) is 0 Å². The SMILES string of the molecule is CC(NC(C)C1CCC1)c1ccccn1. The fourth-order valence-corrected chi connectivity index (χ4v) is 2.19. The van der Waals surface area contributed by atoms with Crippen LogP contribution >= 0.6 is 0 Å². The van der Waals surface area contributed by atoms with Gasteiger partial charge < -0.3 is 5.32 Å². The second-order valence-corrected chi connectivity index (χ2v) is 4.62. The minimum absolute atomic E-state index is 0.363. The monoisotopic (exact) mass is 204 g/mol. The maximum atomic E-state index is 4.37. The second-order valence-electron chi connectivity index (χ2n) is 4.62. The van der Waals surface area contributed by atoms with Crippen molar-refractivity contribution in [3.05, 3.63) is 30.1 Å². The highest BCUT2D eigenvalue weighted by Gasteiger charge is 2.24. The zero-order chi connectivity index (χ0) is 10.7. The lowest BCUT2D eigenvalue weighted by Gasteiger charge is -2.33. The summed E-state index contributed by atoms with van der Waals surface area (Å²) in [5.74, 6) is 0.885. The van der Waals surface area contributed by atoms with Crippen molar-refractivity contribution in [3.63, 3.8) is 0 Å². The third-order valence-corrected chi connectivity index (χ3v) is 3.50. The number of hydrogen-bond acceptors (Lipinski definition) is 2. The fraction of sp³-hybridized carbons (Fsp3) is 0.615. The van der Waals surface area contributed by atoms with Crippen LogP contribution in [0.1, 0.15) is 44.8 Å². The van der Waals surface area contributed by atoms with Gasteiger partial charge in [0.2, 0.25) is 0 Å². The van der Waals surface area contributed by atoms with Gasteiger partial charge in [0.25, 0.3) is 0 Å². The molecule has 82 valence electrons. The molecule has 1 aromatic rings. The minimum atomic E-state index is 0.363. The summed E-state index contributed by atoms with van der Waals surface area (Å²) in [6.07, 6.45) is 6.06. The van der Waals surface area contributed by atoms with Gasteiger partial charge in [-0.15, -0.1) is 0 Å². The molecular formula is C13H20N2. The molecule has 2 nitrogen and oxygen atoms in total. The molecule has 2 heteroatoms. The summed E-state index contributed by atoms with van der Waals surface area (Å²) in [6, 6.07) is 7.09. The van der Waals surface area contributed by atoms with Crippen LogP contribution in [0, 0.1) is 5.92 Å². The van der Waals surface area contributed by atoms with E-state index in [4.69, 9.17) is 0 Å². The predicted molar refractivity (Wildman–Crippen MR) is 62.6 cm³/mol. The van der Waals surface area contributed by atoms with Gasteiger partial charge >= 0.3 is 0 Å². The van der Waals surface area contributed by atoms with Gasteiger partial charge in [0.1, 0.15) is 0 Å². The number of nitrogens with one attached hydrogen (secondary N) is 1. The second kappa shape index (κ2) is 4.75. The number of aromatic nitrogens is 1. The molecule has 2 rings (SSSR count). The summed E-state index contributed by atoms with van der Waals surface area (Å²) in [5.41, 5.74) is 1.14. The van der Waals surface area contributed by atoms with Crippen molar-refractivity contribution >= 4 is 0 Å². The van der Waals surface area contributed by atoms with Crippen LogP contribution in [0.4, 0.5) is 0 Å². The van der Waals surface area contributed by atoms with Crippen LogP contribution in [0.25, 0.3) is 0 Å². The number of nitrogens with zero attached hydrogens (tertiary/aromatic N) is 1. The van der Waals surface area contributed by atoms with Crippen molar-refractivity contribution in [1.82, 2.24) is 10.3 Å². The molecule has 0 aromatic carbocycles. The molecule has 2 atom stereocenters. The summed E-state index contributed by atoms with van der Waals surface area (Å²) in [4.78, 5) is 4.37. The van der Waals surface area contributed by atoms with Crippen LogP contribution in [-0.2, 0) is 0 Å². The third kappa shape index (κ3) is 2.57. The van der Waals surface area contributed by atoms with E-state index in [1.54, 1.807) is 0 Å². The first-order valence-electron chi connectivity index (χ1n) is 5.94. The maximum absolute atomic E-state index is 4.37. The molecular weight excluding hydrogens is 184 g/mol. The Morgan fingerprint density at radius 1 is 1.33 bits per heavy atom. The molecule has 1 N–H and O–H groups in total. The number of rotatable bonds is 4. The first-order valence-corrected chi connectivity index (χ1v) is 5.94. The Kier molecular flexibility index (Phi) is 3.37. The van der Waals surface area contributed by atoms with Crippen molar-refractivity contribution in [2.24, 2.45) is 5.92 Å². The van der Waals surface area contributed by atoms with Crippen LogP contribution in [0.5, 0.6) is 0 Å². The summed E-state index contributed by atoms with van der Waals surface area (Å²) in [6.45, 7) is 4.49. The molecule has 2 unspecified atom stereocenters. The van der Waals surface area contributed by atoms with Crippen molar-refractivity contribution in [1.29, 1.82) is 0 Å². The van der Waals surface area contributed by atoms with Gasteiger partial charge in [0.15, 0.2) is 0 Å². The summed E-state index contributed by atoms with van der Waals surface area (Å²) >= 11 is 0. The lowest BCUT2D eigenvalue weighted by Crippen LogP contribution is -2.38. The number of hydrogen-bond donors (Lipinski definition) is 1. The molecule has 1 saturated carbocycles. The lowest BCUT2D eigenvalue weighted by molar-refractivity contribution is 0.229. The normalized spacial score (nSPS) is 20.7. The van der Waals surface area contributed by atoms with E-state index in [1.807, 2.05) is 12.3 Å². The van der Waals surface area contributed by atoms with E-state index < -0.39 is 0 Å². The van der Waals surface area contributed by atoms with E-state index in [9.17, 15) is 0 Å². The van der Waals surface area contributed by atoms with Gasteiger partial charge in [0, 0.05) is 18.3 Å². The topological polar surface area (TPSA) is 24.9 Å². The fourth-order valence-electron chi connectivity index (χ4n) is 2.19. The quantitative estimate of drug-likeness (QED) is 0.815. The van der Waals surface area contributed by atoms with Crippen molar-refractivity contribution in [2.45, 2.75) is 45.2 Å². The molecule has 0 saturated heterocycles. The standard InChI is InChI=1S/C13H20N2/c1-10(12-6-5-7-12)15-11(2)13-8-3-4-9-14-13/h3-4,8-12,15H,5-7H2,1-2H3. The van der Waals surface area contributed by atoms with Gasteiger partial charge in [0.05, 0.1) is 5.69 Å². The Morgan fingerprint density at radius 2 is 2.13 bits per heavy atom. The maximum Gasteiger partial charge on any atom is 0.0570 e. The van der Waals surface area contributed by atoms with Gasteiger partial charge in [-0.05, 0) is 44.7 Å². The molecule has 0 amide bonds. The van der Waals surface area contributed by atoms with E-state index >= 15 is 0 Å². The molecule has 0 spiro atoms. The van der Waals surface area contributed by atoms with Crippen molar-refractivity contribution in [3.8, 4) is 0 Å². The highest BCUT2D eigenvalue weighted by molar-refractivity contribution is 5.08. The lowest BCUT2D eigenvalue weighted by atomic mass is 9.80. The Hall–Kier alpha value is -0.890. The molecule has 1 aliphatic rings. The van der Waals surface area contributed by atoms with E-state index in [0.29, 0.717) is 12.1 Å².